The summed E-state index contributed by atoms with van der Waals surface area (Å²) in [4.78, 5) is 0. The number of nitrogens with one attached hydrogen (secondary N) is 1. The highest BCUT2D eigenvalue weighted by molar-refractivity contribution is 5.39. The molecule has 0 radical (unpaired) electrons. The maximum Gasteiger partial charge on any atom is 0.103 e. The summed E-state index contributed by atoms with van der Waals surface area (Å²) in [5, 5.41) is 13.9. The van der Waals surface area contributed by atoms with Crippen molar-refractivity contribution in [3.63, 3.8) is 0 Å². The van der Waals surface area contributed by atoms with Crippen molar-refractivity contribution in [3.05, 3.63) is 34.9 Å². The third kappa shape index (κ3) is 2.38. The number of hydrogen-bond acceptors (Lipinski definition) is 2. The van der Waals surface area contributed by atoms with Gasteiger partial charge in [0.25, 0.3) is 0 Å². The van der Waals surface area contributed by atoms with Crippen molar-refractivity contribution in [1.29, 1.82) is 0 Å². The Morgan fingerprint density at radius 2 is 2.00 bits per heavy atom. The van der Waals surface area contributed by atoms with Gasteiger partial charge in [0.2, 0.25) is 0 Å². The third-order valence-corrected chi connectivity index (χ3v) is 3.74. The topological polar surface area (TPSA) is 32.3 Å². The lowest BCUT2D eigenvalue weighted by atomic mass is 9.81. The smallest absolute Gasteiger partial charge is 0.103 e. The summed E-state index contributed by atoms with van der Waals surface area (Å²) in [6.45, 7) is 10.3. The van der Waals surface area contributed by atoms with E-state index in [2.05, 4.69) is 51.2 Å². The van der Waals surface area contributed by atoms with Gasteiger partial charge in [-0.15, -0.1) is 0 Å². The van der Waals surface area contributed by atoms with E-state index >= 15 is 0 Å². The molecule has 2 rings (SSSR count). The van der Waals surface area contributed by atoms with Crippen molar-refractivity contribution in [3.8, 4) is 0 Å². The van der Waals surface area contributed by atoms with E-state index in [1.807, 2.05) is 0 Å². The van der Waals surface area contributed by atoms with Crippen LogP contribution in [0, 0.1) is 6.92 Å². The number of benzene rings is 1. The van der Waals surface area contributed by atoms with E-state index in [9.17, 15) is 5.11 Å². The van der Waals surface area contributed by atoms with Crippen molar-refractivity contribution in [2.24, 2.45) is 0 Å². The molecule has 1 unspecified atom stereocenters. The van der Waals surface area contributed by atoms with Gasteiger partial charge in [-0.05, 0) is 42.0 Å². The number of rotatable bonds is 1. The Kier molecular flexibility index (Phi) is 3.04. The first kappa shape index (κ1) is 12.6. The van der Waals surface area contributed by atoms with Crippen molar-refractivity contribution in [1.82, 2.24) is 5.32 Å². The Morgan fingerprint density at radius 1 is 1.29 bits per heavy atom. The van der Waals surface area contributed by atoms with Crippen LogP contribution in [0.1, 0.15) is 43.9 Å². The Bertz CT molecular complexity index is 411. The molecule has 0 aliphatic carbocycles. The highest BCUT2D eigenvalue weighted by Gasteiger charge is 2.34. The molecule has 2 heteroatoms. The SMILES string of the molecule is Cc1ccc(C(C)(C)C)cc1C1(O)CCNC1. The van der Waals surface area contributed by atoms with Crippen LogP contribution in [0.15, 0.2) is 18.2 Å². The molecule has 1 aromatic carbocycles. The summed E-state index contributed by atoms with van der Waals surface area (Å²) in [5.74, 6) is 0. The molecule has 1 aliphatic heterocycles. The van der Waals surface area contributed by atoms with Gasteiger partial charge in [-0.1, -0.05) is 39.0 Å². The summed E-state index contributed by atoms with van der Waals surface area (Å²) < 4.78 is 0. The fourth-order valence-corrected chi connectivity index (χ4v) is 2.50. The average Bonchev–Trinajstić information content (AvgIpc) is 2.65. The molecule has 17 heavy (non-hydrogen) atoms. The highest BCUT2D eigenvalue weighted by Crippen LogP contribution is 2.33. The summed E-state index contributed by atoms with van der Waals surface area (Å²) in [7, 11) is 0. The quantitative estimate of drug-likeness (QED) is 0.781. The van der Waals surface area contributed by atoms with Gasteiger partial charge in [-0.2, -0.15) is 0 Å². The summed E-state index contributed by atoms with van der Waals surface area (Å²) in [5.41, 5.74) is 3.02. The average molecular weight is 233 g/mol. The Morgan fingerprint density at radius 3 is 2.53 bits per heavy atom. The largest absolute Gasteiger partial charge is 0.384 e. The van der Waals surface area contributed by atoms with E-state index in [0.717, 1.165) is 18.5 Å². The van der Waals surface area contributed by atoms with Crippen molar-refractivity contribution >= 4 is 0 Å². The van der Waals surface area contributed by atoms with E-state index in [1.165, 1.54) is 11.1 Å². The van der Waals surface area contributed by atoms with Crippen molar-refractivity contribution in [2.75, 3.05) is 13.1 Å². The molecule has 0 spiro atoms. The second-order valence-corrected chi connectivity index (χ2v) is 6.24. The predicted octanol–water partition coefficient (Wildman–Crippen LogP) is 2.47. The van der Waals surface area contributed by atoms with Gasteiger partial charge in [0, 0.05) is 6.54 Å². The van der Waals surface area contributed by atoms with Crippen LogP contribution < -0.4 is 5.32 Å². The fraction of sp³-hybridized carbons (Fsp3) is 0.600. The first-order valence-corrected chi connectivity index (χ1v) is 6.38. The molecule has 0 aromatic heterocycles. The van der Waals surface area contributed by atoms with Crippen LogP contribution in [0.4, 0.5) is 0 Å². The van der Waals surface area contributed by atoms with Crippen LogP contribution >= 0.6 is 0 Å². The lowest BCUT2D eigenvalue weighted by Gasteiger charge is -2.27. The summed E-state index contributed by atoms with van der Waals surface area (Å²) in [6, 6.07) is 6.49. The van der Waals surface area contributed by atoms with Gasteiger partial charge < -0.3 is 10.4 Å². The zero-order chi connectivity index (χ0) is 12.7. The minimum absolute atomic E-state index is 0.130. The monoisotopic (exact) mass is 233 g/mol. The maximum atomic E-state index is 10.7. The molecule has 2 N–H and O–H groups in total. The van der Waals surface area contributed by atoms with Crippen molar-refractivity contribution in [2.45, 2.75) is 45.1 Å². The van der Waals surface area contributed by atoms with Crippen LogP contribution in [-0.2, 0) is 11.0 Å². The highest BCUT2D eigenvalue weighted by atomic mass is 16.3. The van der Waals surface area contributed by atoms with Gasteiger partial charge in [0.15, 0.2) is 0 Å². The lowest BCUT2D eigenvalue weighted by Crippen LogP contribution is -2.30. The van der Waals surface area contributed by atoms with E-state index in [-0.39, 0.29) is 5.41 Å². The van der Waals surface area contributed by atoms with E-state index in [0.29, 0.717) is 6.54 Å². The zero-order valence-electron chi connectivity index (χ0n) is 11.3. The molecule has 0 amide bonds. The fourth-order valence-electron chi connectivity index (χ4n) is 2.50. The molecular formula is C15H23NO. The second kappa shape index (κ2) is 4.11. The minimum Gasteiger partial charge on any atom is -0.384 e. The van der Waals surface area contributed by atoms with E-state index in [4.69, 9.17) is 0 Å². The van der Waals surface area contributed by atoms with Crippen LogP contribution in [0.3, 0.4) is 0 Å². The Balaban J connectivity index is 2.46. The molecule has 0 bridgehead atoms. The molecular weight excluding hydrogens is 210 g/mol. The van der Waals surface area contributed by atoms with Gasteiger partial charge in [-0.25, -0.2) is 0 Å². The molecule has 0 saturated carbocycles. The number of aliphatic hydroxyl groups is 1. The number of β-amino-alcohol motifs (C(OH)–C–C–N with tert-alkyl or cyclic N) is 1. The molecule has 94 valence electrons. The van der Waals surface area contributed by atoms with Crippen LogP contribution in [0.5, 0.6) is 0 Å². The normalized spacial score (nSPS) is 25.2. The van der Waals surface area contributed by atoms with Crippen LogP contribution in [0.2, 0.25) is 0 Å². The standard InChI is InChI=1S/C15H23NO/c1-11-5-6-12(14(2,3)4)9-13(11)15(17)7-8-16-10-15/h5-6,9,16-17H,7-8,10H2,1-4H3. The molecule has 1 atom stereocenters. The summed E-state index contributed by atoms with van der Waals surface area (Å²) in [6.07, 6.45) is 0.807. The number of hydrogen-bond donors (Lipinski definition) is 2. The summed E-state index contributed by atoms with van der Waals surface area (Å²) >= 11 is 0. The molecule has 1 fully saturated rings. The third-order valence-electron chi connectivity index (χ3n) is 3.74. The lowest BCUT2D eigenvalue weighted by molar-refractivity contribution is 0.0579. The van der Waals surface area contributed by atoms with Gasteiger partial charge in [-0.3, -0.25) is 0 Å². The van der Waals surface area contributed by atoms with Crippen LogP contribution in [0.25, 0.3) is 0 Å². The van der Waals surface area contributed by atoms with Gasteiger partial charge in [0.1, 0.15) is 5.60 Å². The van der Waals surface area contributed by atoms with E-state index < -0.39 is 5.60 Å². The Labute approximate surface area is 104 Å². The Hall–Kier alpha value is -0.860. The zero-order valence-corrected chi connectivity index (χ0v) is 11.3. The molecule has 2 nitrogen and oxygen atoms in total. The maximum absolute atomic E-state index is 10.7. The first-order chi connectivity index (χ1) is 7.83. The number of aryl methyl sites for hydroxylation is 1. The van der Waals surface area contributed by atoms with Gasteiger partial charge >= 0.3 is 0 Å². The van der Waals surface area contributed by atoms with E-state index in [1.54, 1.807) is 0 Å². The van der Waals surface area contributed by atoms with Crippen LogP contribution in [-0.4, -0.2) is 18.2 Å². The predicted molar refractivity (Wildman–Crippen MR) is 71.3 cm³/mol. The molecule has 1 aliphatic rings. The second-order valence-electron chi connectivity index (χ2n) is 6.24. The first-order valence-electron chi connectivity index (χ1n) is 6.38. The molecule has 1 aromatic rings. The van der Waals surface area contributed by atoms with Crippen molar-refractivity contribution < 1.29 is 5.11 Å². The minimum atomic E-state index is -0.675. The molecule has 1 saturated heterocycles. The molecule has 1 heterocycles. The van der Waals surface area contributed by atoms with Gasteiger partial charge in [0.05, 0.1) is 0 Å².